The number of anilines is 1. The highest BCUT2D eigenvalue weighted by Crippen LogP contribution is 2.29. The molecule has 1 aromatic rings. The molecule has 2 rings (SSSR count). The van der Waals surface area contributed by atoms with Crippen LogP contribution in [0.3, 0.4) is 0 Å². The van der Waals surface area contributed by atoms with Crippen LogP contribution in [0.25, 0.3) is 0 Å². The maximum atomic E-state index is 12.1. The normalized spacial score (nSPS) is 21.9. The third-order valence-electron chi connectivity index (χ3n) is 3.56. The number of rotatable bonds is 4. The fourth-order valence-electron chi connectivity index (χ4n) is 2.25. The molecule has 0 aromatic heterocycles. The molecule has 6 nitrogen and oxygen atoms in total. The fraction of sp³-hybridized carbons (Fsp3) is 0.500. The summed E-state index contributed by atoms with van der Waals surface area (Å²) >= 11 is 5.92. The minimum absolute atomic E-state index is 0.0644. The van der Waals surface area contributed by atoms with Crippen LogP contribution in [0, 0.1) is 5.92 Å². The molecular weight excluding hydrogens is 296 g/mol. The van der Waals surface area contributed by atoms with Crippen LogP contribution in [0.4, 0.5) is 5.69 Å². The summed E-state index contributed by atoms with van der Waals surface area (Å²) in [7, 11) is 1.44. The second kappa shape index (κ2) is 6.98. The molecule has 1 aliphatic heterocycles. The number of halogens is 1. The number of nitrogen functional groups attached to an aromatic ring is 1. The number of esters is 1. The number of piperidine rings is 1. The van der Waals surface area contributed by atoms with Crippen molar-refractivity contribution in [1.82, 2.24) is 5.32 Å². The summed E-state index contributed by atoms with van der Waals surface area (Å²) in [6, 6.07) is 2.91. The summed E-state index contributed by atoms with van der Waals surface area (Å²) in [6.07, 6.45) is 0.247. The van der Waals surface area contributed by atoms with Crippen molar-refractivity contribution in [3.05, 3.63) is 22.7 Å². The van der Waals surface area contributed by atoms with Crippen molar-refractivity contribution in [2.24, 2.45) is 5.92 Å². The fourth-order valence-corrected chi connectivity index (χ4v) is 2.41. The van der Waals surface area contributed by atoms with Crippen LogP contribution in [-0.4, -0.2) is 44.0 Å². The number of carbonyl (C=O) groups excluding carboxylic acids is 1. The first kappa shape index (κ1) is 15.9. The van der Waals surface area contributed by atoms with Gasteiger partial charge in [0.05, 0.1) is 30.5 Å². The first-order valence-corrected chi connectivity index (χ1v) is 7.09. The van der Waals surface area contributed by atoms with Gasteiger partial charge >= 0.3 is 5.97 Å². The average Bonchev–Trinajstić information content (AvgIpc) is 2.48. The summed E-state index contributed by atoms with van der Waals surface area (Å²) in [5, 5.41) is 13.2. The predicted octanol–water partition coefficient (Wildman–Crippen LogP) is 1.06. The number of aliphatic hydroxyl groups excluding tert-OH is 1. The molecule has 2 atom stereocenters. The highest BCUT2D eigenvalue weighted by molar-refractivity contribution is 6.33. The quantitative estimate of drug-likeness (QED) is 0.568. The van der Waals surface area contributed by atoms with Gasteiger partial charge in [-0.15, -0.1) is 0 Å². The van der Waals surface area contributed by atoms with E-state index in [4.69, 9.17) is 26.8 Å². The maximum Gasteiger partial charge on any atom is 0.341 e. The number of carbonyl (C=O) groups is 1. The molecule has 21 heavy (non-hydrogen) atoms. The molecule has 1 aromatic carbocycles. The summed E-state index contributed by atoms with van der Waals surface area (Å²) in [5.74, 6) is -0.294. The van der Waals surface area contributed by atoms with Crippen molar-refractivity contribution in [3.8, 4) is 5.75 Å². The third-order valence-corrected chi connectivity index (χ3v) is 3.88. The maximum absolute atomic E-state index is 12.1. The number of aliphatic hydroxyl groups is 1. The van der Waals surface area contributed by atoms with E-state index in [0.717, 1.165) is 13.0 Å². The van der Waals surface area contributed by atoms with Gasteiger partial charge in [0.25, 0.3) is 0 Å². The van der Waals surface area contributed by atoms with E-state index in [-0.39, 0.29) is 23.1 Å². The minimum atomic E-state index is -0.542. The number of hydrogen-bond donors (Lipinski definition) is 3. The lowest BCUT2D eigenvalue weighted by Crippen LogP contribution is -2.42. The Hall–Kier alpha value is -1.50. The molecular formula is C14H19ClN2O4. The Balaban J connectivity index is 2.04. The number of nitrogens with two attached hydrogens (primary N) is 1. The first-order valence-electron chi connectivity index (χ1n) is 6.72. The largest absolute Gasteiger partial charge is 0.496 e. The lowest BCUT2D eigenvalue weighted by Gasteiger charge is -2.27. The zero-order valence-electron chi connectivity index (χ0n) is 11.8. The van der Waals surface area contributed by atoms with Crippen LogP contribution in [-0.2, 0) is 4.74 Å². The number of nitrogens with one attached hydrogen (secondary N) is 1. The molecule has 0 bridgehead atoms. The van der Waals surface area contributed by atoms with Crippen molar-refractivity contribution in [2.45, 2.75) is 12.5 Å². The van der Waals surface area contributed by atoms with Crippen LogP contribution < -0.4 is 15.8 Å². The SMILES string of the molecule is COc1cc(N)c(Cl)cc1C(=O)OC[C@H]1CCNC[C@H]1O. The molecule has 0 saturated carbocycles. The molecule has 116 valence electrons. The molecule has 0 unspecified atom stereocenters. The Labute approximate surface area is 128 Å². The summed E-state index contributed by atoms with van der Waals surface area (Å²) in [4.78, 5) is 12.1. The van der Waals surface area contributed by atoms with Crippen LogP contribution in [0.5, 0.6) is 5.75 Å². The zero-order valence-corrected chi connectivity index (χ0v) is 12.5. The molecule has 0 spiro atoms. The minimum Gasteiger partial charge on any atom is -0.496 e. The molecule has 7 heteroatoms. The number of ether oxygens (including phenoxy) is 2. The van der Waals surface area contributed by atoms with Gasteiger partial charge in [0.2, 0.25) is 0 Å². The first-order chi connectivity index (χ1) is 10.0. The van der Waals surface area contributed by atoms with Crippen molar-refractivity contribution in [3.63, 3.8) is 0 Å². The predicted molar refractivity (Wildman–Crippen MR) is 79.7 cm³/mol. The van der Waals surface area contributed by atoms with Gasteiger partial charge in [-0.3, -0.25) is 0 Å². The summed E-state index contributed by atoms with van der Waals surface area (Å²) in [6.45, 7) is 1.47. The van der Waals surface area contributed by atoms with Gasteiger partial charge in [-0.05, 0) is 19.0 Å². The molecule has 1 fully saturated rings. The van der Waals surface area contributed by atoms with E-state index >= 15 is 0 Å². The van der Waals surface area contributed by atoms with E-state index < -0.39 is 12.1 Å². The Morgan fingerprint density at radius 3 is 3.00 bits per heavy atom. The second-order valence-electron chi connectivity index (χ2n) is 4.99. The van der Waals surface area contributed by atoms with E-state index in [0.29, 0.717) is 18.0 Å². The van der Waals surface area contributed by atoms with E-state index in [2.05, 4.69) is 5.32 Å². The van der Waals surface area contributed by atoms with Gasteiger partial charge in [0, 0.05) is 18.5 Å². The van der Waals surface area contributed by atoms with Gasteiger partial charge in [-0.2, -0.15) is 0 Å². The molecule has 4 N–H and O–H groups in total. The van der Waals surface area contributed by atoms with Gasteiger partial charge in [0.1, 0.15) is 11.3 Å². The van der Waals surface area contributed by atoms with E-state index in [1.54, 1.807) is 0 Å². The Morgan fingerprint density at radius 1 is 1.57 bits per heavy atom. The second-order valence-corrected chi connectivity index (χ2v) is 5.40. The number of benzene rings is 1. The topological polar surface area (TPSA) is 93.8 Å². The van der Waals surface area contributed by atoms with Crippen molar-refractivity contribution in [1.29, 1.82) is 0 Å². The zero-order chi connectivity index (χ0) is 15.4. The van der Waals surface area contributed by atoms with Gasteiger partial charge in [-0.25, -0.2) is 4.79 Å². The number of methoxy groups -OCH3 is 1. The molecule has 0 aliphatic carbocycles. The van der Waals surface area contributed by atoms with E-state index in [9.17, 15) is 9.90 Å². The molecule has 1 aliphatic rings. The smallest absolute Gasteiger partial charge is 0.341 e. The van der Waals surface area contributed by atoms with Crippen LogP contribution >= 0.6 is 11.6 Å². The highest BCUT2D eigenvalue weighted by atomic mass is 35.5. The van der Waals surface area contributed by atoms with Crippen molar-refractivity contribution in [2.75, 3.05) is 32.5 Å². The summed E-state index contributed by atoms with van der Waals surface area (Å²) < 4.78 is 10.4. The van der Waals surface area contributed by atoms with Gasteiger partial charge in [-0.1, -0.05) is 11.6 Å². The monoisotopic (exact) mass is 314 g/mol. The van der Waals surface area contributed by atoms with Crippen LogP contribution in [0.15, 0.2) is 12.1 Å². The highest BCUT2D eigenvalue weighted by Gasteiger charge is 2.25. The molecule has 0 radical (unpaired) electrons. The Bertz CT molecular complexity index is 524. The van der Waals surface area contributed by atoms with E-state index in [1.165, 1.54) is 19.2 Å². The lowest BCUT2D eigenvalue weighted by molar-refractivity contribution is 0.0135. The van der Waals surface area contributed by atoms with Crippen molar-refractivity contribution >= 4 is 23.3 Å². The van der Waals surface area contributed by atoms with Crippen molar-refractivity contribution < 1.29 is 19.4 Å². The Morgan fingerprint density at radius 2 is 2.33 bits per heavy atom. The lowest BCUT2D eigenvalue weighted by atomic mass is 9.96. The van der Waals surface area contributed by atoms with Crippen LogP contribution in [0.1, 0.15) is 16.8 Å². The molecule has 1 saturated heterocycles. The molecule has 0 amide bonds. The number of hydrogen-bond acceptors (Lipinski definition) is 6. The van der Waals surface area contributed by atoms with Crippen LogP contribution in [0.2, 0.25) is 5.02 Å². The standard InChI is InChI=1S/C14H19ClN2O4/c1-20-13-5-11(16)10(15)4-9(13)14(19)21-7-8-2-3-17-6-12(8)18/h4-5,8,12,17-18H,2-3,6-7,16H2,1H3/t8-,12-/m1/s1. The van der Waals surface area contributed by atoms with Gasteiger partial charge in [0.15, 0.2) is 0 Å². The Kier molecular flexibility index (Phi) is 5.27. The summed E-state index contributed by atoms with van der Waals surface area (Å²) in [5.41, 5.74) is 6.22. The van der Waals surface area contributed by atoms with Gasteiger partial charge < -0.3 is 25.6 Å². The van der Waals surface area contributed by atoms with E-state index in [1.807, 2.05) is 0 Å². The third kappa shape index (κ3) is 3.78. The average molecular weight is 315 g/mol. The number of β-amino-alcohol motifs (C(OH)–C–C–N with tert-alkyl or cyclic N) is 1. The molecule has 1 heterocycles.